The first-order valence-corrected chi connectivity index (χ1v) is 8.06. The molecule has 2 aromatic heterocycles. The third kappa shape index (κ3) is 2.95. The molecule has 0 radical (unpaired) electrons. The van der Waals surface area contributed by atoms with E-state index in [4.69, 9.17) is 12.2 Å². The van der Waals surface area contributed by atoms with Crippen molar-refractivity contribution in [3.8, 4) is 0 Å². The summed E-state index contributed by atoms with van der Waals surface area (Å²) in [7, 11) is 0. The number of rotatable bonds is 5. The van der Waals surface area contributed by atoms with Gasteiger partial charge in [0, 0.05) is 29.1 Å². The Hall–Kier alpha value is -1.15. The van der Waals surface area contributed by atoms with Gasteiger partial charge in [0.2, 0.25) is 0 Å². The second-order valence-electron chi connectivity index (χ2n) is 4.75. The predicted octanol–water partition coefficient (Wildman–Crippen LogP) is 3.98. The number of benzene rings is 1. The summed E-state index contributed by atoms with van der Waals surface area (Å²) in [4.78, 5) is 7.33. The normalized spacial score (nSPS) is 11.2. The van der Waals surface area contributed by atoms with Crippen molar-refractivity contribution in [1.29, 1.82) is 0 Å². The number of halogens is 1. The first-order valence-electron chi connectivity index (χ1n) is 6.58. The topological polar surface area (TPSA) is 38.5 Å². The number of unbranched alkanes of at least 4 members (excludes halogenated alkanes) is 1. The number of aryl methyl sites for hydroxylation is 2. The van der Waals surface area contributed by atoms with Gasteiger partial charge in [-0.05, 0) is 65.8 Å². The largest absolute Gasteiger partial charge is 0.337 e. The maximum atomic E-state index is 5.42. The molecule has 0 atom stereocenters. The van der Waals surface area contributed by atoms with Crippen molar-refractivity contribution in [3.05, 3.63) is 45.3 Å². The van der Waals surface area contributed by atoms with E-state index in [0.29, 0.717) is 0 Å². The van der Waals surface area contributed by atoms with E-state index < -0.39 is 0 Å². The summed E-state index contributed by atoms with van der Waals surface area (Å²) in [5.74, 6) is 0. The molecule has 0 spiro atoms. The molecule has 20 heavy (non-hydrogen) atoms. The summed E-state index contributed by atoms with van der Waals surface area (Å²) < 4.78 is 6.33. The van der Waals surface area contributed by atoms with Gasteiger partial charge in [-0.25, -0.2) is 4.98 Å². The van der Waals surface area contributed by atoms with Crippen LogP contribution in [0.5, 0.6) is 0 Å². The summed E-state index contributed by atoms with van der Waals surface area (Å²) in [6, 6.07) is 6.39. The summed E-state index contributed by atoms with van der Waals surface area (Å²) in [5.41, 5.74) is 2.31. The number of aromatic amines is 1. The standard InChI is InChI=1S/C14H15IN4S/c15-11-3-4-13-12(9-11)17-14(20)19(13)7-2-1-6-18-8-5-16-10-18/h3-5,8-10H,1-2,6-7H2,(H,17,20). The summed E-state index contributed by atoms with van der Waals surface area (Å²) >= 11 is 7.73. The second kappa shape index (κ2) is 6.09. The summed E-state index contributed by atoms with van der Waals surface area (Å²) in [5, 5.41) is 0. The summed E-state index contributed by atoms with van der Waals surface area (Å²) in [6.45, 7) is 1.96. The van der Waals surface area contributed by atoms with Crippen molar-refractivity contribution in [2.45, 2.75) is 25.9 Å². The first-order chi connectivity index (χ1) is 9.74. The van der Waals surface area contributed by atoms with Crippen molar-refractivity contribution in [2.75, 3.05) is 0 Å². The molecule has 0 saturated heterocycles. The zero-order valence-corrected chi connectivity index (χ0v) is 13.9. The van der Waals surface area contributed by atoms with Crippen molar-refractivity contribution < 1.29 is 0 Å². The van der Waals surface area contributed by atoms with E-state index in [1.807, 2.05) is 18.7 Å². The Morgan fingerprint density at radius 1 is 1.25 bits per heavy atom. The molecule has 0 bridgehead atoms. The lowest BCUT2D eigenvalue weighted by molar-refractivity contribution is 0.556. The van der Waals surface area contributed by atoms with E-state index in [9.17, 15) is 0 Å². The van der Waals surface area contributed by atoms with Gasteiger partial charge in [0.05, 0.1) is 17.4 Å². The minimum Gasteiger partial charge on any atom is -0.337 e. The van der Waals surface area contributed by atoms with E-state index in [1.54, 1.807) is 0 Å². The lowest BCUT2D eigenvalue weighted by Gasteiger charge is -2.05. The van der Waals surface area contributed by atoms with Crippen LogP contribution in [0.4, 0.5) is 0 Å². The van der Waals surface area contributed by atoms with Crippen molar-refractivity contribution in [1.82, 2.24) is 19.1 Å². The molecule has 0 unspecified atom stereocenters. The van der Waals surface area contributed by atoms with Crippen LogP contribution in [0, 0.1) is 8.34 Å². The average molecular weight is 398 g/mol. The minimum absolute atomic E-state index is 0.810. The van der Waals surface area contributed by atoms with Crippen molar-refractivity contribution in [2.24, 2.45) is 0 Å². The highest BCUT2D eigenvalue weighted by atomic mass is 127. The Kier molecular flexibility index (Phi) is 4.21. The van der Waals surface area contributed by atoms with Gasteiger partial charge in [-0.1, -0.05) is 0 Å². The molecule has 0 aliphatic rings. The zero-order chi connectivity index (χ0) is 13.9. The zero-order valence-electron chi connectivity index (χ0n) is 10.9. The van der Waals surface area contributed by atoms with Crippen LogP contribution < -0.4 is 0 Å². The number of hydrogen-bond donors (Lipinski definition) is 1. The van der Waals surface area contributed by atoms with Crippen LogP contribution in [-0.2, 0) is 13.1 Å². The molecule has 1 N–H and O–H groups in total. The number of hydrogen-bond acceptors (Lipinski definition) is 2. The maximum absolute atomic E-state index is 5.42. The van der Waals surface area contributed by atoms with Crippen LogP contribution in [0.25, 0.3) is 11.0 Å². The van der Waals surface area contributed by atoms with Gasteiger partial charge >= 0.3 is 0 Å². The Bertz CT molecular complexity index is 757. The lowest BCUT2D eigenvalue weighted by Crippen LogP contribution is -2.01. The molecule has 2 heterocycles. The molecule has 1 aromatic carbocycles. The molecule has 0 fully saturated rings. The highest BCUT2D eigenvalue weighted by molar-refractivity contribution is 14.1. The number of nitrogens with zero attached hydrogens (tertiary/aromatic N) is 3. The molecule has 104 valence electrons. The number of fused-ring (bicyclic) bond motifs is 1. The molecule has 0 aliphatic heterocycles. The molecule has 4 nitrogen and oxygen atoms in total. The van der Waals surface area contributed by atoms with Crippen LogP contribution in [0.3, 0.4) is 0 Å². The van der Waals surface area contributed by atoms with E-state index >= 15 is 0 Å². The van der Waals surface area contributed by atoms with Gasteiger partial charge in [0.1, 0.15) is 0 Å². The Morgan fingerprint density at radius 3 is 2.90 bits per heavy atom. The fraction of sp³-hybridized carbons (Fsp3) is 0.286. The third-order valence-electron chi connectivity index (χ3n) is 3.34. The van der Waals surface area contributed by atoms with Crippen molar-refractivity contribution in [3.63, 3.8) is 0 Å². The van der Waals surface area contributed by atoms with Gasteiger partial charge in [-0.15, -0.1) is 0 Å². The maximum Gasteiger partial charge on any atom is 0.178 e. The molecule has 3 aromatic rings. The monoisotopic (exact) mass is 398 g/mol. The molecular weight excluding hydrogens is 383 g/mol. The quantitative estimate of drug-likeness (QED) is 0.401. The molecule has 0 amide bonds. The highest BCUT2D eigenvalue weighted by Gasteiger charge is 2.04. The Labute approximate surface area is 136 Å². The molecule has 0 saturated carbocycles. The van der Waals surface area contributed by atoms with Gasteiger partial charge in [-0.2, -0.15) is 0 Å². The van der Waals surface area contributed by atoms with Gasteiger partial charge < -0.3 is 14.1 Å². The minimum atomic E-state index is 0.810. The Balaban J connectivity index is 1.68. The van der Waals surface area contributed by atoms with Crippen LogP contribution in [-0.4, -0.2) is 19.1 Å². The van der Waals surface area contributed by atoms with Crippen LogP contribution >= 0.6 is 34.8 Å². The number of aromatic nitrogens is 4. The SMILES string of the molecule is S=c1[nH]c2cc(I)ccc2n1CCCCn1ccnc1. The van der Waals surface area contributed by atoms with Crippen LogP contribution in [0.2, 0.25) is 0 Å². The predicted molar refractivity (Wildman–Crippen MR) is 91.3 cm³/mol. The van der Waals surface area contributed by atoms with Gasteiger partial charge in [0.15, 0.2) is 4.77 Å². The van der Waals surface area contributed by atoms with E-state index in [2.05, 4.69) is 59.9 Å². The Morgan fingerprint density at radius 2 is 2.10 bits per heavy atom. The molecular formula is C14H15IN4S. The highest BCUT2D eigenvalue weighted by Crippen LogP contribution is 2.18. The fourth-order valence-corrected chi connectivity index (χ4v) is 3.13. The third-order valence-corrected chi connectivity index (χ3v) is 4.34. The van der Waals surface area contributed by atoms with Crippen molar-refractivity contribution >= 4 is 45.8 Å². The van der Waals surface area contributed by atoms with Crippen LogP contribution in [0.15, 0.2) is 36.9 Å². The summed E-state index contributed by atoms with van der Waals surface area (Å²) in [6.07, 6.45) is 7.90. The lowest BCUT2D eigenvalue weighted by atomic mass is 10.3. The fourth-order valence-electron chi connectivity index (χ4n) is 2.34. The van der Waals surface area contributed by atoms with Crippen LogP contribution in [0.1, 0.15) is 12.8 Å². The number of H-pyrrole nitrogens is 1. The number of nitrogens with one attached hydrogen (secondary N) is 1. The average Bonchev–Trinajstić information content (AvgIpc) is 3.02. The first kappa shape index (κ1) is 13.8. The smallest absolute Gasteiger partial charge is 0.178 e. The molecule has 3 rings (SSSR count). The second-order valence-corrected chi connectivity index (χ2v) is 6.38. The van der Waals surface area contributed by atoms with Gasteiger partial charge in [-0.3, -0.25) is 0 Å². The molecule has 6 heteroatoms. The number of imidazole rings is 2. The van der Waals surface area contributed by atoms with Gasteiger partial charge in [0.25, 0.3) is 0 Å². The van der Waals surface area contributed by atoms with E-state index in [-0.39, 0.29) is 0 Å². The molecule has 0 aliphatic carbocycles. The van der Waals surface area contributed by atoms with E-state index in [0.717, 1.165) is 36.2 Å². The van der Waals surface area contributed by atoms with E-state index in [1.165, 1.54) is 9.09 Å².